The van der Waals surface area contributed by atoms with Crippen molar-refractivity contribution in [3.63, 3.8) is 0 Å². The van der Waals surface area contributed by atoms with Crippen molar-refractivity contribution in [2.45, 2.75) is 32.7 Å². The molecule has 0 fully saturated rings. The van der Waals surface area contributed by atoms with Crippen LogP contribution >= 0.6 is 0 Å². The van der Waals surface area contributed by atoms with Crippen molar-refractivity contribution >= 4 is 16.5 Å². The Kier molecular flexibility index (Phi) is 4.23. The number of nitrogens with zero attached hydrogens (tertiary/aromatic N) is 1. The summed E-state index contributed by atoms with van der Waals surface area (Å²) in [5.41, 5.74) is 4.35. The first kappa shape index (κ1) is 16.7. The minimum atomic E-state index is 0.187. The molecule has 3 aromatic carbocycles. The first-order valence-electron chi connectivity index (χ1n) is 8.68. The van der Waals surface area contributed by atoms with Crippen molar-refractivity contribution in [2.24, 2.45) is 0 Å². The van der Waals surface area contributed by atoms with Crippen molar-refractivity contribution in [2.75, 3.05) is 14.1 Å². The Morgan fingerprint density at radius 1 is 0.792 bits per heavy atom. The minimum Gasteiger partial charge on any atom is -0.292 e. The van der Waals surface area contributed by atoms with E-state index in [-0.39, 0.29) is 5.41 Å². The van der Waals surface area contributed by atoms with Gasteiger partial charge in [-0.3, -0.25) is 4.48 Å². The van der Waals surface area contributed by atoms with Gasteiger partial charge in [-0.15, -0.1) is 0 Å². The van der Waals surface area contributed by atoms with Crippen molar-refractivity contribution in [1.82, 2.24) is 4.48 Å². The van der Waals surface area contributed by atoms with Crippen LogP contribution in [0.5, 0.6) is 0 Å². The third-order valence-electron chi connectivity index (χ3n) is 4.79. The molecule has 0 radical (unpaired) electrons. The molecular weight excluding hydrogens is 290 g/mol. The number of fused-ring (bicyclic) bond motifs is 1. The fourth-order valence-corrected chi connectivity index (χ4v) is 3.41. The lowest BCUT2D eigenvalue weighted by atomic mass is 9.86. The van der Waals surface area contributed by atoms with Gasteiger partial charge in [0.25, 0.3) is 0 Å². The molecular formula is C23H28N+. The largest absolute Gasteiger partial charge is 0.292 e. The molecule has 0 aliphatic carbocycles. The van der Waals surface area contributed by atoms with Gasteiger partial charge in [-0.1, -0.05) is 69.3 Å². The maximum absolute atomic E-state index is 2.37. The molecule has 0 atom stereocenters. The number of quaternary nitrogens is 1. The quantitative estimate of drug-likeness (QED) is 0.527. The van der Waals surface area contributed by atoms with Crippen LogP contribution in [0.3, 0.4) is 0 Å². The van der Waals surface area contributed by atoms with E-state index in [2.05, 4.69) is 102 Å². The Balaban J connectivity index is 1.99. The van der Waals surface area contributed by atoms with Gasteiger partial charge in [-0.25, -0.2) is 0 Å². The van der Waals surface area contributed by atoms with E-state index in [0.29, 0.717) is 0 Å². The van der Waals surface area contributed by atoms with E-state index in [4.69, 9.17) is 0 Å². The van der Waals surface area contributed by atoms with E-state index >= 15 is 0 Å². The Hall–Kier alpha value is -2.12. The summed E-state index contributed by atoms with van der Waals surface area (Å²) in [6, 6.07) is 24.3. The fraction of sp³-hybridized carbons (Fsp3) is 0.304. The van der Waals surface area contributed by atoms with E-state index in [9.17, 15) is 0 Å². The highest BCUT2D eigenvalue weighted by molar-refractivity contribution is 5.93. The molecule has 0 amide bonds. The standard InChI is InChI=1S/C23H28N/c1-23(2,3)20-13-8-10-18(16-20)17-24(4,5)22-15-9-12-19-11-6-7-14-21(19)22/h6-16H,17H2,1-5H3/q+1. The molecule has 0 aromatic heterocycles. The molecule has 1 heteroatoms. The van der Waals surface area contributed by atoms with Gasteiger partial charge in [0.15, 0.2) is 0 Å². The van der Waals surface area contributed by atoms with Crippen molar-refractivity contribution < 1.29 is 0 Å². The van der Waals surface area contributed by atoms with E-state index in [1.54, 1.807) is 0 Å². The monoisotopic (exact) mass is 318 g/mol. The van der Waals surface area contributed by atoms with E-state index < -0.39 is 0 Å². The van der Waals surface area contributed by atoms with Crippen molar-refractivity contribution in [3.05, 3.63) is 77.9 Å². The third kappa shape index (κ3) is 3.37. The van der Waals surface area contributed by atoms with Crippen LogP contribution in [-0.2, 0) is 12.0 Å². The highest BCUT2D eigenvalue weighted by Crippen LogP contribution is 2.31. The van der Waals surface area contributed by atoms with E-state index in [0.717, 1.165) is 11.0 Å². The first-order chi connectivity index (χ1) is 11.3. The van der Waals surface area contributed by atoms with Crippen molar-refractivity contribution in [1.29, 1.82) is 0 Å². The van der Waals surface area contributed by atoms with Crippen LogP contribution in [0.4, 0.5) is 5.69 Å². The van der Waals surface area contributed by atoms with Gasteiger partial charge in [-0.05, 0) is 34.6 Å². The normalized spacial score (nSPS) is 12.5. The Morgan fingerprint density at radius 2 is 1.46 bits per heavy atom. The summed E-state index contributed by atoms with van der Waals surface area (Å²) in [4.78, 5) is 0. The summed E-state index contributed by atoms with van der Waals surface area (Å²) in [5.74, 6) is 0. The van der Waals surface area contributed by atoms with Crippen molar-refractivity contribution in [3.8, 4) is 0 Å². The van der Waals surface area contributed by atoms with Crippen LogP contribution in [0.15, 0.2) is 66.7 Å². The average molecular weight is 318 g/mol. The van der Waals surface area contributed by atoms with Crippen LogP contribution < -0.4 is 4.48 Å². The summed E-state index contributed by atoms with van der Waals surface area (Å²) in [7, 11) is 4.59. The van der Waals surface area contributed by atoms with Gasteiger partial charge in [0.1, 0.15) is 12.2 Å². The number of hydrogen-bond donors (Lipinski definition) is 0. The summed E-state index contributed by atoms with van der Waals surface area (Å²) >= 11 is 0. The van der Waals surface area contributed by atoms with E-state index in [1.807, 2.05) is 0 Å². The lowest BCUT2D eigenvalue weighted by molar-refractivity contribution is 0.394. The second-order valence-corrected chi connectivity index (χ2v) is 8.29. The van der Waals surface area contributed by atoms with Gasteiger partial charge in [0, 0.05) is 10.9 Å². The van der Waals surface area contributed by atoms with Crippen LogP contribution in [0, 0.1) is 0 Å². The molecule has 0 heterocycles. The van der Waals surface area contributed by atoms with E-state index in [1.165, 1.54) is 27.6 Å². The zero-order chi connectivity index (χ0) is 17.4. The molecule has 124 valence electrons. The lowest BCUT2D eigenvalue weighted by Gasteiger charge is -2.31. The number of rotatable bonds is 3. The topological polar surface area (TPSA) is 0 Å². The maximum atomic E-state index is 2.37. The van der Waals surface area contributed by atoms with Gasteiger partial charge >= 0.3 is 0 Å². The molecule has 0 saturated heterocycles. The number of benzene rings is 3. The second kappa shape index (κ2) is 6.07. The smallest absolute Gasteiger partial charge is 0.140 e. The lowest BCUT2D eigenvalue weighted by Crippen LogP contribution is -2.39. The molecule has 0 bridgehead atoms. The van der Waals surface area contributed by atoms with Gasteiger partial charge in [0.2, 0.25) is 0 Å². The fourth-order valence-electron chi connectivity index (χ4n) is 3.41. The summed E-state index contributed by atoms with van der Waals surface area (Å²) < 4.78 is 0.842. The predicted octanol–water partition coefficient (Wildman–Crippen LogP) is 5.90. The molecule has 0 spiro atoms. The Morgan fingerprint density at radius 3 is 2.21 bits per heavy atom. The maximum Gasteiger partial charge on any atom is 0.140 e. The minimum absolute atomic E-state index is 0.187. The first-order valence-corrected chi connectivity index (χ1v) is 8.68. The molecule has 3 rings (SSSR count). The van der Waals surface area contributed by atoms with Crippen LogP contribution in [0.2, 0.25) is 0 Å². The van der Waals surface area contributed by atoms with Crippen LogP contribution in [-0.4, -0.2) is 14.1 Å². The Bertz CT molecular complexity index is 848. The number of hydrogen-bond acceptors (Lipinski definition) is 0. The van der Waals surface area contributed by atoms with Gasteiger partial charge < -0.3 is 0 Å². The molecule has 3 aromatic rings. The Labute approximate surface area is 146 Å². The SMILES string of the molecule is CC(C)(C)c1cccc(C[N+](C)(C)c2cccc3ccccc23)c1. The molecule has 0 aliphatic rings. The van der Waals surface area contributed by atoms with Gasteiger partial charge in [0.05, 0.1) is 14.1 Å². The second-order valence-electron chi connectivity index (χ2n) is 8.29. The highest BCUT2D eigenvalue weighted by atomic mass is 15.3. The molecule has 0 N–H and O–H groups in total. The summed E-state index contributed by atoms with van der Waals surface area (Å²) in [5, 5.41) is 2.65. The molecule has 24 heavy (non-hydrogen) atoms. The molecule has 0 aliphatic heterocycles. The van der Waals surface area contributed by atoms with Gasteiger partial charge in [-0.2, -0.15) is 0 Å². The summed E-state index contributed by atoms with van der Waals surface area (Å²) in [6.07, 6.45) is 0. The molecule has 1 nitrogen and oxygen atoms in total. The zero-order valence-corrected chi connectivity index (χ0v) is 15.5. The zero-order valence-electron chi connectivity index (χ0n) is 15.5. The highest BCUT2D eigenvalue weighted by Gasteiger charge is 2.23. The average Bonchev–Trinajstić information content (AvgIpc) is 2.53. The molecule has 0 unspecified atom stereocenters. The predicted molar refractivity (Wildman–Crippen MR) is 106 cm³/mol. The van der Waals surface area contributed by atoms with Crippen LogP contribution in [0.1, 0.15) is 31.9 Å². The van der Waals surface area contributed by atoms with Crippen LogP contribution in [0.25, 0.3) is 10.8 Å². The third-order valence-corrected chi connectivity index (χ3v) is 4.79. The summed E-state index contributed by atoms with van der Waals surface area (Å²) in [6.45, 7) is 7.81. The molecule has 0 saturated carbocycles.